The summed E-state index contributed by atoms with van der Waals surface area (Å²) in [5, 5.41) is 8.89. The van der Waals surface area contributed by atoms with Crippen molar-refractivity contribution < 1.29 is 13.5 Å². The SMILES string of the molecule is CCS(=O)(=O)N1CCCC1CO. The highest BCUT2D eigenvalue weighted by Gasteiger charge is 2.32. The van der Waals surface area contributed by atoms with Crippen LogP contribution in [0.3, 0.4) is 0 Å². The van der Waals surface area contributed by atoms with Gasteiger partial charge < -0.3 is 5.11 Å². The first-order valence-electron chi connectivity index (χ1n) is 4.22. The molecule has 0 amide bonds. The minimum Gasteiger partial charge on any atom is -0.395 e. The van der Waals surface area contributed by atoms with Crippen LogP contribution in [0, 0.1) is 0 Å². The van der Waals surface area contributed by atoms with Crippen LogP contribution in [0.25, 0.3) is 0 Å². The van der Waals surface area contributed by atoms with Crippen molar-refractivity contribution in [3.05, 3.63) is 0 Å². The Kier molecular flexibility index (Phi) is 3.09. The van der Waals surface area contributed by atoms with E-state index in [1.165, 1.54) is 4.31 Å². The summed E-state index contributed by atoms with van der Waals surface area (Å²) in [7, 11) is -3.09. The molecular weight excluding hydrogens is 178 g/mol. The molecule has 1 rings (SSSR count). The van der Waals surface area contributed by atoms with Crippen molar-refractivity contribution in [2.24, 2.45) is 0 Å². The fraction of sp³-hybridized carbons (Fsp3) is 1.00. The minimum absolute atomic E-state index is 0.0563. The van der Waals surface area contributed by atoms with Crippen molar-refractivity contribution in [2.75, 3.05) is 18.9 Å². The fourth-order valence-corrected chi connectivity index (χ4v) is 2.89. The first-order valence-corrected chi connectivity index (χ1v) is 5.83. The van der Waals surface area contributed by atoms with Crippen molar-refractivity contribution in [1.82, 2.24) is 4.31 Å². The highest BCUT2D eigenvalue weighted by atomic mass is 32.2. The molecule has 1 aliphatic rings. The molecule has 4 nitrogen and oxygen atoms in total. The summed E-state index contributed by atoms with van der Waals surface area (Å²) in [5.74, 6) is 0.128. The zero-order valence-electron chi connectivity index (χ0n) is 7.23. The molecule has 1 N–H and O–H groups in total. The Morgan fingerprint density at radius 2 is 2.25 bits per heavy atom. The van der Waals surface area contributed by atoms with E-state index in [1.807, 2.05) is 0 Å². The van der Waals surface area contributed by atoms with Crippen LogP contribution in [0.5, 0.6) is 0 Å². The zero-order chi connectivity index (χ0) is 9.19. The van der Waals surface area contributed by atoms with E-state index in [1.54, 1.807) is 6.92 Å². The Morgan fingerprint density at radius 3 is 2.75 bits per heavy atom. The van der Waals surface area contributed by atoms with Crippen LogP contribution in [0.1, 0.15) is 19.8 Å². The lowest BCUT2D eigenvalue weighted by molar-refractivity contribution is 0.213. The van der Waals surface area contributed by atoms with Crippen LogP contribution < -0.4 is 0 Å². The second kappa shape index (κ2) is 3.72. The molecule has 0 aromatic heterocycles. The molecule has 1 heterocycles. The molecule has 0 aromatic carbocycles. The van der Waals surface area contributed by atoms with Crippen LogP contribution in [0.15, 0.2) is 0 Å². The summed E-state index contributed by atoms with van der Waals surface area (Å²) in [6.07, 6.45) is 1.65. The van der Waals surface area contributed by atoms with Crippen LogP contribution in [0.4, 0.5) is 0 Å². The molecule has 72 valence electrons. The van der Waals surface area contributed by atoms with E-state index in [4.69, 9.17) is 5.11 Å². The van der Waals surface area contributed by atoms with Crippen molar-refractivity contribution in [2.45, 2.75) is 25.8 Å². The van der Waals surface area contributed by atoms with Gasteiger partial charge in [0, 0.05) is 12.6 Å². The van der Waals surface area contributed by atoms with Gasteiger partial charge in [0.1, 0.15) is 0 Å². The van der Waals surface area contributed by atoms with E-state index >= 15 is 0 Å². The minimum atomic E-state index is -3.09. The predicted molar refractivity (Wildman–Crippen MR) is 46.3 cm³/mol. The van der Waals surface area contributed by atoms with Gasteiger partial charge in [0.15, 0.2) is 0 Å². The molecule has 0 aromatic rings. The summed E-state index contributed by atoms with van der Waals surface area (Å²) in [6.45, 7) is 2.14. The lowest BCUT2D eigenvalue weighted by atomic mass is 10.2. The molecule has 1 atom stereocenters. The summed E-state index contributed by atoms with van der Waals surface area (Å²) >= 11 is 0. The molecule has 5 heteroatoms. The van der Waals surface area contributed by atoms with E-state index < -0.39 is 10.0 Å². The Morgan fingerprint density at radius 1 is 1.58 bits per heavy atom. The third-order valence-electron chi connectivity index (χ3n) is 2.26. The highest BCUT2D eigenvalue weighted by Crippen LogP contribution is 2.20. The first-order chi connectivity index (χ1) is 5.61. The van der Waals surface area contributed by atoms with Crippen molar-refractivity contribution in [1.29, 1.82) is 0 Å². The topological polar surface area (TPSA) is 57.6 Å². The number of rotatable bonds is 3. The van der Waals surface area contributed by atoms with Gasteiger partial charge >= 0.3 is 0 Å². The fourth-order valence-electron chi connectivity index (χ4n) is 1.52. The van der Waals surface area contributed by atoms with Gasteiger partial charge in [-0.3, -0.25) is 0 Å². The Labute approximate surface area is 73.2 Å². The second-order valence-corrected chi connectivity index (χ2v) is 5.20. The highest BCUT2D eigenvalue weighted by molar-refractivity contribution is 7.89. The maximum absolute atomic E-state index is 11.4. The first kappa shape index (κ1) is 9.95. The summed E-state index contributed by atoms with van der Waals surface area (Å²) in [4.78, 5) is 0. The van der Waals surface area contributed by atoms with E-state index in [2.05, 4.69) is 0 Å². The molecule has 0 bridgehead atoms. The molecule has 1 unspecified atom stereocenters. The van der Waals surface area contributed by atoms with E-state index in [9.17, 15) is 8.42 Å². The number of hydrogen-bond donors (Lipinski definition) is 1. The standard InChI is InChI=1S/C7H15NO3S/c1-2-12(10,11)8-5-3-4-7(8)6-9/h7,9H,2-6H2,1H3. The van der Waals surface area contributed by atoms with Gasteiger partial charge in [0.25, 0.3) is 0 Å². The van der Waals surface area contributed by atoms with Gasteiger partial charge in [-0.1, -0.05) is 0 Å². The number of aliphatic hydroxyl groups excluding tert-OH is 1. The number of hydrogen-bond acceptors (Lipinski definition) is 3. The average molecular weight is 193 g/mol. The quantitative estimate of drug-likeness (QED) is 0.675. The molecular formula is C7H15NO3S. The van der Waals surface area contributed by atoms with E-state index in [0.29, 0.717) is 6.54 Å². The molecule has 1 saturated heterocycles. The zero-order valence-corrected chi connectivity index (χ0v) is 8.05. The lowest BCUT2D eigenvalue weighted by Gasteiger charge is -2.21. The van der Waals surface area contributed by atoms with E-state index in [0.717, 1.165) is 12.8 Å². The van der Waals surface area contributed by atoms with Crippen LogP contribution in [-0.2, 0) is 10.0 Å². The van der Waals surface area contributed by atoms with Crippen molar-refractivity contribution in [3.8, 4) is 0 Å². The van der Waals surface area contributed by atoms with Crippen LogP contribution in [-0.4, -0.2) is 42.8 Å². The predicted octanol–water partition coefficient (Wildman–Crippen LogP) is -0.207. The summed E-state index contributed by atoms with van der Waals surface area (Å²) in [6, 6.07) is -0.171. The maximum Gasteiger partial charge on any atom is 0.214 e. The summed E-state index contributed by atoms with van der Waals surface area (Å²) in [5.41, 5.74) is 0. The van der Waals surface area contributed by atoms with Gasteiger partial charge in [-0.05, 0) is 19.8 Å². The molecule has 0 saturated carbocycles. The third kappa shape index (κ3) is 1.78. The molecule has 12 heavy (non-hydrogen) atoms. The molecule has 1 aliphatic heterocycles. The molecule has 0 radical (unpaired) electrons. The van der Waals surface area contributed by atoms with Gasteiger partial charge in [-0.15, -0.1) is 0 Å². The second-order valence-electron chi connectivity index (χ2n) is 2.99. The Bertz CT molecular complexity index is 237. The largest absolute Gasteiger partial charge is 0.395 e. The monoisotopic (exact) mass is 193 g/mol. The van der Waals surface area contributed by atoms with Gasteiger partial charge in [0.2, 0.25) is 10.0 Å². The Balaban J connectivity index is 2.74. The molecule has 1 fully saturated rings. The van der Waals surface area contributed by atoms with Gasteiger partial charge in [-0.2, -0.15) is 4.31 Å². The number of nitrogens with zero attached hydrogens (tertiary/aromatic N) is 1. The summed E-state index contributed by atoms with van der Waals surface area (Å²) < 4.78 is 24.2. The normalized spacial score (nSPS) is 26.3. The van der Waals surface area contributed by atoms with E-state index in [-0.39, 0.29) is 18.4 Å². The smallest absolute Gasteiger partial charge is 0.214 e. The molecule has 0 aliphatic carbocycles. The average Bonchev–Trinajstić information content (AvgIpc) is 2.52. The lowest BCUT2D eigenvalue weighted by Crippen LogP contribution is -2.38. The van der Waals surface area contributed by atoms with Gasteiger partial charge in [-0.25, -0.2) is 8.42 Å². The Hall–Kier alpha value is -0.130. The van der Waals surface area contributed by atoms with Crippen molar-refractivity contribution in [3.63, 3.8) is 0 Å². The molecule has 0 spiro atoms. The van der Waals surface area contributed by atoms with Crippen LogP contribution in [0.2, 0.25) is 0 Å². The van der Waals surface area contributed by atoms with Gasteiger partial charge in [0.05, 0.1) is 12.4 Å². The van der Waals surface area contributed by atoms with Crippen molar-refractivity contribution >= 4 is 10.0 Å². The number of aliphatic hydroxyl groups is 1. The third-order valence-corrected chi connectivity index (χ3v) is 4.18. The van der Waals surface area contributed by atoms with Crippen LogP contribution >= 0.6 is 0 Å². The number of sulfonamides is 1. The maximum atomic E-state index is 11.4.